The highest BCUT2D eigenvalue weighted by Gasteiger charge is 2.34. The summed E-state index contributed by atoms with van der Waals surface area (Å²) in [7, 11) is 0. The fourth-order valence-electron chi connectivity index (χ4n) is 4.16. The Kier molecular flexibility index (Phi) is 7.18. The molecule has 2 N–H and O–H groups in total. The van der Waals surface area contributed by atoms with Gasteiger partial charge in [-0.2, -0.15) is 4.68 Å². The van der Waals surface area contributed by atoms with Crippen LogP contribution in [0.4, 0.5) is 11.6 Å². The molecule has 0 saturated heterocycles. The molecular formula is C27H25BrN6O3. The largest absolute Gasteiger partial charge is 0.490 e. The molecule has 1 aliphatic heterocycles. The standard InChI is InChI=1S/C27H25BrN6O3/c1-3-36-23-15-19(11-14-22(23)37-16-18-9-12-20(28)13-10-18)25-24(17(2)29-27-31-32-33-34(25)27)26(35)30-21-7-5-4-6-8-21/h4-15,25H,3,16H2,1-2H3,(H,30,35)(H,29,31,33). The number of hydrogen-bond donors (Lipinski definition) is 2. The average molecular weight is 561 g/mol. The zero-order chi connectivity index (χ0) is 25.8. The zero-order valence-electron chi connectivity index (χ0n) is 20.3. The lowest BCUT2D eigenvalue weighted by Crippen LogP contribution is -2.31. The van der Waals surface area contributed by atoms with Gasteiger partial charge in [0, 0.05) is 15.9 Å². The Morgan fingerprint density at radius 3 is 2.59 bits per heavy atom. The summed E-state index contributed by atoms with van der Waals surface area (Å²) in [5.74, 6) is 1.38. The summed E-state index contributed by atoms with van der Waals surface area (Å²) < 4.78 is 14.6. The third-order valence-electron chi connectivity index (χ3n) is 5.88. The van der Waals surface area contributed by atoms with Crippen LogP contribution in [0.1, 0.15) is 31.0 Å². The Morgan fingerprint density at radius 1 is 1.05 bits per heavy atom. The summed E-state index contributed by atoms with van der Waals surface area (Å²) >= 11 is 3.45. The Balaban J connectivity index is 1.48. The number of tetrazole rings is 1. The lowest BCUT2D eigenvalue weighted by molar-refractivity contribution is -0.113. The van der Waals surface area contributed by atoms with Gasteiger partial charge in [0.25, 0.3) is 5.91 Å². The molecule has 0 saturated carbocycles. The van der Waals surface area contributed by atoms with E-state index in [1.165, 1.54) is 0 Å². The number of nitrogens with one attached hydrogen (secondary N) is 2. The van der Waals surface area contributed by atoms with Crippen molar-refractivity contribution in [3.63, 3.8) is 0 Å². The molecule has 188 valence electrons. The number of anilines is 2. The Bertz CT molecular complexity index is 1440. The second-order valence-corrected chi connectivity index (χ2v) is 9.30. The molecule has 3 aromatic carbocycles. The maximum absolute atomic E-state index is 13.5. The van der Waals surface area contributed by atoms with E-state index in [0.29, 0.717) is 47.6 Å². The first kappa shape index (κ1) is 24.5. The summed E-state index contributed by atoms with van der Waals surface area (Å²) in [4.78, 5) is 13.5. The van der Waals surface area contributed by atoms with Crippen molar-refractivity contribution in [2.75, 3.05) is 17.2 Å². The number of carbonyl (C=O) groups excluding carboxylic acids is 1. The fraction of sp³-hybridized carbons (Fsp3) is 0.185. The monoisotopic (exact) mass is 560 g/mol. The number of rotatable bonds is 8. The van der Waals surface area contributed by atoms with Crippen molar-refractivity contribution >= 4 is 33.5 Å². The Labute approximate surface area is 222 Å². The second-order valence-electron chi connectivity index (χ2n) is 8.39. The van der Waals surface area contributed by atoms with Gasteiger partial charge in [-0.3, -0.25) is 4.79 Å². The topological polar surface area (TPSA) is 103 Å². The maximum atomic E-state index is 13.5. The molecule has 37 heavy (non-hydrogen) atoms. The van der Waals surface area contributed by atoms with Gasteiger partial charge in [0.05, 0.1) is 12.2 Å². The summed E-state index contributed by atoms with van der Waals surface area (Å²) in [6.45, 7) is 4.60. The molecule has 0 aliphatic carbocycles. The van der Waals surface area contributed by atoms with Gasteiger partial charge < -0.3 is 20.1 Å². The predicted molar refractivity (Wildman–Crippen MR) is 143 cm³/mol. The first-order valence-electron chi connectivity index (χ1n) is 11.8. The van der Waals surface area contributed by atoms with Gasteiger partial charge in [-0.15, -0.1) is 0 Å². The quantitative estimate of drug-likeness (QED) is 0.299. The van der Waals surface area contributed by atoms with Crippen LogP contribution in [0.3, 0.4) is 0 Å². The van der Waals surface area contributed by atoms with Crippen LogP contribution in [0.2, 0.25) is 0 Å². The van der Waals surface area contributed by atoms with Gasteiger partial charge in [0.2, 0.25) is 5.95 Å². The van der Waals surface area contributed by atoms with E-state index in [1.54, 1.807) is 4.68 Å². The molecule has 1 unspecified atom stereocenters. The van der Waals surface area contributed by atoms with E-state index in [-0.39, 0.29) is 5.91 Å². The van der Waals surface area contributed by atoms with Crippen molar-refractivity contribution in [3.8, 4) is 11.5 Å². The second kappa shape index (κ2) is 10.8. The Morgan fingerprint density at radius 2 is 1.84 bits per heavy atom. The number of nitrogens with zero attached hydrogens (tertiary/aromatic N) is 4. The normalized spacial score (nSPS) is 14.5. The molecule has 1 aromatic heterocycles. The summed E-state index contributed by atoms with van der Waals surface area (Å²) in [6, 6.07) is 22.3. The van der Waals surface area contributed by atoms with E-state index in [1.807, 2.05) is 86.6 Å². The van der Waals surface area contributed by atoms with E-state index in [2.05, 4.69) is 42.1 Å². The number of ether oxygens (including phenoxy) is 2. The van der Waals surface area contributed by atoms with E-state index in [4.69, 9.17) is 9.47 Å². The van der Waals surface area contributed by atoms with E-state index in [0.717, 1.165) is 15.6 Å². The van der Waals surface area contributed by atoms with Crippen LogP contribution < -0.4 is 20.1 Å². The van der Waals surface area contributed by atoms with Gasteiger partial charge in [0.1, 0.15) is 12.6 Å². The third kappa shape index (κ3) is 5.34. The summed E-state index contributed by atoms with van der Waals surface area (Å²) in [6.07, 6.45) is 0. The molecule has 1 atom stereocenters. The van der Waals surface area contributed by atoms with Crippen LogP contribution in [0.25, 0.3) is 0 Å². The summed E-state index contributed by atoms with van der Waals surface area (Å²) in [5, 5.41) is 18.2. The van der Waals surface area contributed by atoms with Gasteiger partial charge in [-0.25, -0.2) is 0 Å². The number of halogens is 1. The van der Waals surface area contributed by atoms with Crippen LogP contribution in [0, 0.1) is 0 Å². The lowest BCUT2D eigenvalue weighted by atomic mass is 9.94. The molecule has 9 nitrogen and oxygen atoms in total. The van der Waals surface area contributed by atoms with Crippen LogP contribution in [0.5, 0.6) is 11.5 Å². The molecule has 0 fully saturated rings. The molecule has 0 radical (unpaired) electrons. The summed E-state index contributed by atoms with van der Waals surface area (Å²) in [5.41, 5.74) is 3.67. The van der Waals surface area contributed by atoms with Gasteiger partial charge in [-0.1, -0.05) is 57.4 Å². The number of hydrogen-bond acceptors (Lipinski definition) is 7. The minimum Gasteiger partial charge on any atom is -0.490 e. The molecule has 10 heteroatoms. The molecule has 4 aromatic rings. The van der Waals surface area contributed by atoms with Gasteiger partial charge >= 0.3 is 0 Å². The minimum atomic E-state index is -0.574. The molecule has 0 bridgehead atoms. The molecule has 1 aliphatic rings. The van der Waals surface area contributed by atoms with E-state index < -0.39 is 6.04 Å². The lowest BCUT2D eigenvalue weighted by Gasteiger charge is -2.28. The molecule has 1 amide bonds. The van der Waals surface area contributed by atoms with Gasteiger partial charge in [-0.05, 0) is 71.8 Å². The number of aromatic nitrogens is 4. The van der Waals surface area contributed by atoms with Crippen molar-refractivity contribution in [2.45, 2.75) is 26.5 Å². The van der Waals surface area contributed by atoms with E-state index >= 15 is 0 Å². The first-order chi connectivity index (χ1) is 18.0. The number of benzene rings is 3. The minimum absolute atomic E-state index is 0.254. The zero-order valence-corrected chi connectivity index (χ0v) is 21.9. The highest BCUT2D eigenvalue weighted by atomic mass is 79.9. The van der Waals surface area contributed by atoms with Crippen LogP contribution in [-0.4, -0.2) is 32.7 Å². The highest BCUT2D eigenvalue weighted by molar-refractivity contribution is 9.10. The third-order valence-corrected chi connectivity index (χ3v) is 6.41. The van der Waals surface area contributed by atoms with Crippen molar-refractivity contribution in [1.82, 2.24) is 20.2 Å². The van der Waals surface area contributed by atoms with E-state index in [9.17, 15) is 4.79 Å². The number of allylic oxidation sites excluding steroid dienone is 1. The van der Waals surface area contributed by atoms with Gasteiger partial charge in [0.15, 0.2) is 11.5 Å². The van der Waals surface area contributed by atoms with Crippen molar-refractivity contribution in [2.24, 2.45) is 0 Å². The smallest absolute Gasteiger partial charge is 0.255 e. The number of fused-ring (bicyclic) bond motifs is 1. The predicted octanol–water partition coefficient (Wildman–Crippen LogP) is 5.34. The molecule has 2 heterocycles. The van der Waals surface area contributed by atoms with Crippen LogP contribution in [-0.2, 0) is 11.4 Å². The van der Waals surface area contributed by atoms with Crippen molar-refractivity contribution < 1.29 is 14.3 Å². The Hall–Kier alpha value is -4.18. The fourth-order valence-corrected chi connectivity index (χ4v) is 4.42. The molecular weight excluding hydrogens is 536 g/mol. The average Bonchev–Trinajstić information content (AvgIpc) is 3.37. The number of para-hydroxylation sites is 1. The van der Waals surface area contributed by atoms with Crippen LogP contribution in [0.15, 0.2) is 88.5 Å². The highest BCUT2D eigenvalue weighted by Crippen LogP contribution is 2.39. The maximum Gasteiger partial charge on any atom is 0.255 e. The molecule has 0 spiro atoms. The molecule has 5 rings (SSSR count). The number of amides is 1. The first-order valence-corrected chi connectivity index (χ1v) is 12.6. The number of carbonyl (C=O) groups is 1. The van der Waals surface area contributed by atoms with Crippen molar-refractivity contribution in [3.05, 3.63) is 99.7 Å². The van der Waals surface area contributed by atoms with Crippen LogP contribution >= 0.6 is 15.9 Å². The SMILES string of the molecule is CCOc1cc(C2C(C(=O)Nc3ccccc3)=C(C)Nc3nnnn32)ccc1OCc1ccc(Br)cc1. The van der Waals surface area contributed by atoms with Crippen molar-refractivity contribution in [1.29, 1.82) is 0 Å².